The molecule has 2 aliphatic heterocycles. The van der Waals surface area contributed by atoms with Gasteiger partial charge >= 0.3 is 0 Å². The van der Waals surface area contributed by atoms with Crippen molar-refractivity contribution in [1.29, 1.82) is 0 Å². The van der Waals surface area contributed by atoms with Gasteiger partial charge < -0.3 is 10.1 Å². The molecule has 1 fully saturated rings. The molecule has 1 saturated heterocycles. The number of thioether (sulfide) groups is 1. The summed E-state index contributed by atoms with van der Waals surface area (Å²) in [4.78, 5) is 0. The number of hydrogen-bond donors (Lipinski definition) is 1. The van der Waals surface area contributed by atoms with Crippen LogP contribution in [0, 0.1) is 0 Å². The van der Waals surface area contributed by atoms with Crippen LogP contribution in [0.2, 0.25) is 0 Å². The van der Waals surface area contributed by atoms with Crippen molar-refractivity contribution < 1.29 is 4.74 Å². The molecule has 0 saturated carbocycles. The van der Waals surface area contributed by atoms with E-state index in [0.717, 1.165) is 25.4 Å². The normalized spacial score (nSPS) is 29.0. The third-order valence-corrected chi connectivity index (χ3v) is 4.42. The van der Waals surface area contributed by atoms with Crippen LogP contribution in [-0.4, -0.2) is 25.0 Å². The van der Waals surface area contributed by atoms with Crippen LogP contribution in [0.1, 0.15) is 23.6 Å². The van der Waals surface area contributed by atoms with Crippen LogP contribution in [0.4, 0.5) is 0 Å². The first-order valence-electron chi connectivity index (χ1n) is 5.93. The van der Waals surface area contributed by atoms with Crippen LogP contribution in [0.5, 0.6) is 0 Å². The van der Waals surface area contributed by atoms with Gasteiger partial charge in [0.05, 0.1) is 6.61 Å². The lowest BCUT2D eigenvalue weighted by Crippen LogP contribution is -2.35. The van der Waals surface area contributed by atoms with Crippen molar-refractivity contribution in [2.75, 3.05) is 19.0 Å². The highest BCUT2D eigenvalue weighted by Crippen LogP contribution is 2.32. The minimum atomic E-state index is 0.515. The van der Waals surface area contributed by atoms with Gasteiger partial charge in [-0.1, -0.05) is 24.3 Å². The summed E-state index contributed by atoms with van der Waals surface area (Å²) in [5, 5.41) is 3.73. The molecule has 2 aliphatic rings. The van der Waals surface area contributed by atoms with Crippen LogP contribution in [0.15, 0.2) is 24.3 Å². The molecule has 2 atom stereocenters. The van der Waals surface area contributed by atoms with Gasteiger partial charge in [0.2, 0.25) is 0 Å². The van der Waals surface area contributed by atoms with Gasteiger partial charge in [0, 0.05) is 30.2 Å². The Morgan fingerprint density at radius 2 is 2.25 bits per heavy atom. The van der Waals surface area contributed by atoms with Gasteiger partial charge in [-0.2, -0.15) is 11.8 Å². The molecule has 2 heterocycles. The zero-order valence-electron chi connectivity index (χ0n) is 9.32. The monoisotopic (exact) mass is 235 g/mol. The third kappa shape index (κ3) is 2.12. The first-order valence-corrected chi connectivity index (χ1v) is 7.08. The molecule has 0 amide bonds. The van der Waals surface area contributed by atoms with Gasteiger partial charge in [0.15, 0.2) is 0 Å². The van der Waals surface area contributed by atoms with Crippen LogP contribution >= 0.6 is 11.8 Å². The smallest absolute Gasteiger partial charge is 0.0620 e. The van der Waals surface area contributed by atoms with Crippen LogP contribution in [0.3, 0.4) is 0 Å². The molecule has 1 aromatic rings. The fourth-order valence-electron chi connectivity index (χ4n) is 2.47. The Kier molecular flexibility index (Phi) is 3.18. The SMILES string of the molecule is c1ccc2c(c1)CSCC2NC1CCOC1. The molecule has 3 heteroatoms. The average molecular weight is 235 g/mol. The van der Waals surface area contributed by atoms with Gasteiger partial charge in [-0.25, -0.2) is 0 Å². The van der Waals surface area contributed by atoms with E-state index in [1.165, 1.54) is 16.9 Å². The number of hydrogen-bond acceptors (Lipinski definition) is 3. The van der Waals surface area contributed by atoms with E-state index in [1.54, 1.807) is 0 Å². The van der Waals surface area contributed by atoms with Crippen molar-refractivity contribution in [2.45, 2.75) is 24.3 Å². The van der Waals surface area contributed by atoms with E-state index in [-0.39, 0.29) is 0 Å². The highest BCUT2D eigenvalue weighted by Gasteiger charge is 2.24. The number of fused-ring (bicyclic) bond motifs is 1. The van der Waals surface area contributed by atoms with Gasteiger partial charge in [0.25, 0.3) is 0 Å². The molecule has 86 valence electrons. The number of nitrogens with one attached hydrogen (secondary N) is 1. The maximum absolute atomic E-state index is 5.42. The molecule has 0 aromatic heterocycles. The second-order valence-corrected chi connectivity index (χ2v) is 5.52. The summed E-state index contributed by atoms with van der Waals surface area (Å²) in [7, 11) is 0. The quantitative estimate of drug-likeness (QED) is 0.850. The van der Waals surface area contributed by atoms with Crippen molar-refractivity contribution in [1.82, 2.24) is 5.32 Å². The third-order valence-electron chi connectivity index (χ3n) is 3.34. The summed E-state index contributed by atoms with van der Waals surface area (Å²) in [6.07, 6.45) is 1.16. The van der Waals surface area contributed by atoms with Crippen molar-refractivity contribution in [3.63, 3.8) is 0 Å². The minimum absolute atomic E-state index is 0.515. The second-order valence-electron chi connectivity index (χ2n) is 4.49. The summed E-state index contributed by atoms with van der Waals surface area (Å²) in [5.74, 6) is 2.35. The molecule has 2 nitrogen and oxygen atoms in total. The standard InChI is InChI=1S/C13H17NOS/c1-2-4-12-10(3-1)8-16-9-13(12)14-11-5-6-15-7-11/h1-4,11,13-14H,5-9H2. The van der Waals surface area contributed by atoms with Crippen LogP contribution in [-0.2, 0) is 10.5 Å². The van der Waals surface area contributed by atoms with E-state index >= 15 is 0 Å². The molecule has 0 bridgehead atoms. The van der Waals surface area contributed by atoms with Crippen molar-refractivity contribution in [2.24, 2.45) is 0 Å². The van der Waals surface area contributed by atoms with Crippen LogP contribution < -0.4 is 5.32 Å². The van der Waals surface area contributed by atoms with Crippen molar-refractivity contribution >= 4 is 11.8 Å². The predicted molar refractivity (Wildman–Crippen MR) is 67.7 cm³/mol. The molecule has 0 aliphatic carbocycles. The Hall–Kier alpha value is -0.510. The van der Waals surface area contributed by atoms with E-state index in [2.05, 4.69) is 29.6 Å². The largest absolute Gasteiger partial charge is 0.380 e. The minimum Gasteiger partial charge on any atom is -0.380 e. The van der Waals surface area contributed by atoms with Gasteiger partial charge in [-0.3, -0.25) is 0 Å². The second kappa shape index (κ2) is 4.78. The molecular weight excluding hydrogens is 218 g/mol. The summed E-state index contributed by atoms with van der Waals surface area (Å²) in [6.45, 7) is 1.79. The number of rotatable bonds is 2. The molecule has 0 spiro atoms. The first kappa shape index (κ1) is 10.6. The average Bonchev–Trinajstić information content (AvgIpc) is 2.82. The highest BCUT2D eigenvalue weighted by molar-refractivity contribution is 7.98. The molecule has 1 aromatic carbocycles. The van der Waals surface area contributed by atoms with Gasteiger partial charge in [0.1, 0.15) is 0 Å². The molecular formula is C13H17NOS. The Morgan fingerprint density at radius 1 is 1.31 bits per heavy atom. The lowest BCUT2D eigenvalue weighted by atomic mass is 10.0. The lowest BCUT2D eigenvalue weighted by Gasteiger charge is -2.28. The van der Waals surface area contributed by atoms with Crippen molar-refractivity contribution in [3.8, 4) is 0 Å². The van der Waals surface area contributed by atoms with Gasteiger partial charge in [-0.15, -0.1) is 0 Å². The fourth-order valence-corrected chi connectivity index (χ4v) is 3.58. The molecule has 0 radical (unpaired) electrons. The summed E-state index contributed by atoms with van der Waals surface area (Å²) < 4.78 is 5.42. The Bertz CT molecular complexity index is 363. The zero-order chi connectivity index (χ0) is 10.8. The topological polar surface area (TPSA) is 21.3 Å². The lowest BCUT2D eigenvalue weighted by molar-refractivity contribution is 0.188. The number of benzene rings is 1. The molecule has 1 N–H and O–H groups in total. The molecule has 2 unspecified atom stereocenters. The van der Waals surface area contributed by atoms with E-state index in [1.807, 2.05) is 11.8 Å². The Balaban J connectivity index is 1.76. The summed E-state index contributed by atoms with van der Waals surface area (Å²) in [5.41, 5.74) is 2.99. The van der Waals surface area contributed by atoms with E-state index in [0.29, 0.717) is 12.1 Å². The maximum Gasteiger partial charge on any atom is 0.0620 e. The number of ether oxygens (including phenoxy) is 1. The highest BCUT2D eigenvalue weighted by atomic mass is 32.2. The van der Waals surface area contributed by atoms with E-state index < -0.39 is 0 Å². The fraction of sp³-hybridized carbons (Fsp3) is 0.538. The van der Waals surface area contributed by atoms with Crippen LogP contribution in [0.25, 0.3) is 0 Å². The van der Waals surface area contributed by atoms with Crippen molar-refractivity contribution in [3.05, 3.63) is 35.4 Å². The van der Waals surface area contributed by atoms with E-state index in [9.17, 15) is 0 Å². The van der Waals surface area contributed by atoms with E-state index in [4.69, 9.17) is 4.74 Å². The molecule has 16 heavy (non-hydrogen) atoms. The summed E-state index contributed by atoms with van der Waals surface area (Å²) >= 11 is 2.03. The predicted octanol–water partition coefficient (Wildman–Crippen LogP) is 2.35. The maximum atomic E-state index is 5.42. The molecule has 3 rings (SSSR count). The Labute approximate surface area is 101 Å². The Morgan fingerprint density at radius 3 is 3.12 bits per heavy atom. The van der Waals surface area contributed by atoms with Gasteiger partial charge in [-0.05, 0) is 17.5 Å². The first-order chi connectivity index (χ1) is 7.93. The summed E-state index contributed by atoms with van der Waals surface area (Å²) in [6, 6.07) is 9.87. The zero-order valence-corrected chi connectivity index (χ0v) is 10.1.